The lowest BCUT2D eigenvalue weighted by Gasteiger charge is -1.98. The van der Waals surface area contributed by atoms with Gasteiger partial charge in [-0.05, 0) is 19.1 Å². The summed E-state index contributed by atoms with van der Waals surface area (Å²) in [6.07, 6.45) is 0. The Morgan fingerprint density at radius 2 is 1.88 bits per heavy atom. The second-order valence-electron chi connectivity index (χ2n) is 3.28. The van der Waals surface area contributed by atoms with Crippen LogP contribution in [0.5, 0.6) is 0 Å². The number of imidazole rings is 1. The monoisotopic (exact) mass is 248 g/mol. The fourth-order valence-electron chi connectivity index (χ4n) is 1.34. The van der Waals surface area contributed by atoms with Crippen LogP contribution in [0.3, 0.4) is 0 Å². The topological polar surface area (TPSA) is 52.1 Å². The highest BCUT2D eigenvalue weighted by atomic mass is 32.2. The molecule has 5 heteroatoms. The van der Waals surface area contributed by atoms with Crippen molar-refractivity contribution >= 4 is 17.7 Å². The van der Waals surface area contributed by atoms with Crippen LogP contribution in [0, 0.1) is 0 Å². The number of aromatic nitrogens is 2. The van der Waals surface area contributed by atoms with Gasteiger partial charge in [0.25, 0.3) is 0 Å². The van der Waals surface area contributed by atoms with Gasteiger partial charge < -0.3 is 4.74 Å². The van der Waals surface area contributed by atoms with Crippen LogP contribution >= 0.6 is 11.8 Å². The average Bonchev–Trinajstić information content (AvgIpc) is 2.57. The zero-order valence-corrected chi connectivity index (χ0v) is 10.2. The number of esters is 1. The molecule has 1 aliphatic heterocycles. The molecule has 0 saturated carbocycles. The van der Waals surface area contributed by atoms with E-state index in [2.05, 4.69) is 9.97 Å². The van der Waals surface area contributed by atoms with Crippen molar-refractivity contribution in [2.45, 2.75) is 12.1 Å². The van der Waals surface area contributed by atoms with E-state index in [9.17, 15) is 4.79 Å². The van der Waals surface area contributed by atoms with Gasteiger partial charge in [0, 0.05) is 0 Å². The van der Waals surface area contributed by atoms with E-state index in [4.69, 9.17) is 4.74 Å². The van der Waals surface area contributed by atoms with E-state index in [1.807, 2.05) is 30.3 Å². The normalized spacial score (nSPS) is 10.4. The highest BCUT2D eigenvalue weighted by molar-refractivity contribution is 7.99. The fourth-order valence-corrected chi connectivity index (χ4v) is 2.00. The Kier molecular flexibility index (Phi) is 3.93. The second-order valence-corrected chi connectivity index (χ2v) is 4.22. The third kappa shape index (κ3) is 3.17. The van der Waals surface area contributed by atoms with Crippen LogP contribution in [0.25, 0.3) is 11.4 Å². The fraction of sp³-hybridized carbons (Fsp3) is 0.250. The molecule has 0 unspecified atom stereocenters. The Morgan fingerprint density at radius 3 is 2.47 bits per heavy atom. The number of carbonyl (C=O) groups excluding carboxylic acids is 1. The second kappa shape index (κ2) is 5.63. The van der Waals surface area contributed by atoms with E-state index in [1.165, 1.54) is 11.8 Å². The number of carbonyl (C=O) groups is 1. The first-order chi connectivity index (χ1) is 8.29. The Morgan fingerprint density at radius 1 is 1.24 bits per heavy atom. The van der Waals surface area contributed by atoms with Crippen molar-refractivity contribution in [3.8, 4) is 11.4 Å². The van der Waals surface area contributed by atoms with Crippen molar-refractivity contribution in [1.29, 1.82) is 0 Å². The van der Waals surface area contributed by atoms with E-state index < -0.39 is 0 Å². The first-order valence-electron chi connectivity index (χ1n) is 5.31. The molecule has 0 N–H and O–H groups in total. The van der Waals surface area contributed by atoms with Crippen LogP contribution in [0.2, 0.25) is 0 Å². The molecule has 0 aromatic rings. The first-order valence-corrected chi connectivity index (χ1v) is 6.29. The zero-order valence-electron chi connectivity index (χ0n) is 9.42. The van der Waals surface area contributed by atoms with E-state index in [-0.39, 0.29) is 11.7 Å². The van der Waals surface area contributed by atoms with Gasteiger partial charge in [-0.15, -0.1) is 0 Å². The predicted octanol–water partition coefficient (Wildman–Crippen LogP) is 2.24. The average molecular weight is 248 g/mol. The van der Waals surface area contributed by atoms with Crippen LogP contribution in [0.15, 0.2) is 35.5 Å². The quantitative estimate of drug-likeness (QED) is 0.613. The summed E-state index contributed by atoms with van der Waals surface area (Å²) < 4.78 is 4.84. The van der Waals surface area contributed by atoms with Gasteiger partial charge in [-0.1, -0.05) is 30.0 Å². The molecule has 0 radical (unpaired) electrons. The van der Waals surface area contributed by atoms with Crippen LogP contribution < -0.4 is 0 Å². The first kappa shape index (κ1) is 11.9. The van der Waals surface area contributed by atoms with Crippen molar-refractivity contribution < 1.29 is 9.53 Å². The Labute approximate surface area is 104 Å². The van der Waals surface area contributed by atoms with Gasteiger partial charge in [0.2, 0.25) is 0 Å². The molecule has 4 nitrogen and oxygen atoms in total. The van der Waals surface area contributed by atoms with Crippen LogP contribution in [0.1, 0.15) is 6.92 Å². The Hall–Kier alpha value is -1.62. The van der Waals surface area contributed by atoms with Crippen LogP contribution in [-0.4, -0.2) is 28.3 Å². The smallest absolute Gasteiger partial charge is 0.316 e. The lowest BCUT2D eigenvalue weighted by atomic mass is 10.3. The summed E-state index contributed by atoms with van der Waals surface area (Å²) in [6, 6.07) is 9.55. The number of rotatable bonds is 4. The number of fused-ring (bicyclic) bond motifs is 1. The molecule has 0 saturated heterocycles. The summed E-state index contributed by atoms with van der Waals surface area (Å²) in [5.74, 6) is 0.00735. The van der Waals surface area contributed by atoms with Crippen molar-refractivity contribution in [2.75, 3.05) is 12.4 Å². The highest BCUT2D eigenvalue weighted by Gasteiger charge is 2.11. The lowest BCUT2D eigenvalue weighted by Crippen LogP contribution is -2.06. The number of ether oxygens (including phenoxy) is 1. The molecule has 2 aliphatic rings. The third-order valence-corrected chi connectivity index (χ3v) is 2.87. The molecular weight excluding hydrogens is 236 g/mol. The molecular formula is C12H12N2O2S. The van der Waals surface area contributed by atoms with Crippen molar-refractivity contribution in [3.63, 3.8) is 0 Å². The molecule has 1 aliphatic carbocycles. The molecule has 0 spiro atoms. The maximum Gasteiger partial charge on any atom is 0.316 e. The van der Waals surface area contributed by atoms with Gasteiger partial charge in [0.05, 0.1) is 23.7 Å². The molecule has 2 rings (SSSR count). The highest BCUT2D eigenvalue weighted by Crippen LogP contribution is 2.22. The van der Waals surface area contributed by atoms with Crippen molar-refractivity contribution in [2.24, 2.45) is 0 Å². The van der Waals surface area contributed by atoms with Gasteiger partial charge in [-0.25, -0.2) is 9.97 Å². The molecule has 1 heterocycles. The van der Waals surface area contributed by atoms with E-state index >= 15 is 0 Å². The Bertz CT molecular complexity index is 459. The summed E-state index contributed by atoms with van der Waals surface area (Å²) in [4.78, 5) is 19.8. The minimum absolute atomic E-state index is 0.239. The number of nitrogens with zero attached hydrogens (tertiary/aromatic N) is 2. The summed E-state index contributed by atoms with van der Waals surface area (Å²) in [5.41, 5.74) is 1.67. The largest absolute Gasteiger partial charge is 0.465 e. The number of thioether (sulfide) groups is 1. The van der Waals surface area contributed by atoms with Gasteiger partial charge in [0.1, 0.15) is 0 Å². The lowest BCUT2D eigenvalue weighted by molar-refractivity contribution is -0.139. The minimum Gasteiger partial charge on any atom is -0.465 e. The standard InChI is InChI=1S/C12H12N2O2S/c1-2-16-11(15)8-17-12-13-9-6-4-3-5-7-10(9)14-12/h3-7H,2,8H2,1H3. The van der Waals surface area contributed by atoms with Crippen molar-refractivity contribution in [1.82, 2.24) is 9.97 Å². The summed E-state index contributed by atoms with van der Waals surface area (Å²) in [5, 5.41) is 0.610. The van der Waals surface area contributed by atoms with Crippen molar-refractivity contribution in [3.05, 3.63) is 30.3 Å². The molecule has 88 valence electrons. The van der Waals surface area contributed by atoms with Gasteiger partial charge in [0.15, 0.2) is 5.16 Å². The SMILES string of the molecule is CCOC(=O)CSc1nc2cccccc-2n1. The molecule has 0 aromatic carbocycles. The molecule has 0 fully saturated rings. The molecule has 0 atom stereocenters. The minimum atomic E-state index is -0.239. The molecule has 0 bridgehead atoms. The van der Waals surface area contributed by atoms with Crippen LogP contribution in [-0.2, 0) is 9.53 Å². The molecule has 17 heavy (non-hydrogen) atoms. The summed E-state index contributed by atoms with van der Waals surface area (Å²) >= 11 is 1.29. The maximum atomic E-state index is 11.2. The zero-order chi connectivity index (χ0) is 12.1. The molecule has 0 aromatic heterocycles. The van der Waals surface area contributed by atoms with E-state index in [0.29, 0.717) is 11.8 Å². The summed E-state index contributed by atoms with van der Waals surface area (Å²) in [6.45, 7) is 2.19. The maximum absolute atomic E-state index is 11.2. The summed E-state index contributed by atoms with van der Waals surface area (Å²) in [7, 11) is 0. The van der Waals surface area contributed by atoms with Crippen LogP contribution in [0.4, 0.5) is 0 Å². The van der Waals surface area contributed by atoms with Gasteiger partial charge in [-0.3, -0.25) is 4.79 Å². The molecule has 0 amide bonds. The Balaban J connectivity index is 2.05. The van der Waals surface area contributed by atoms with Gasteiger partial charge in [-0.2, -0.15) is 0 Å². The van der Waals surface area contributed by atoms with E-state index in [0.717, 1.165) is 11.4 Å². The predicted molar refractivity (Wildman–Crippen MR) is 66.0 cm³/mol. The van der Waals surface area contributed by atoms with E-state index in [1.54, 1.807) is 6.92 Å². The third-order valence-electron chi connectivity index (χ3n) is 2.05. The number of hydrogen-bond donors (Lipinski definition) is 0. The van der Waals surface area contributed by atoms with Gasteiger partial charge >= 0.3 is 5.97 Å². The number of hydrogen-bond acceptors (Lipinski definition) is 5.